The van der Waals surface area contributed by atoms with E-state index in [0.29, 0.717) is 12.6 Å². The number of carbonyl (C=O) groups excluding carboxylic acids is 1. The van der Waals surface area contributed by atoms with Gasteiger partial charge >= 0.3 is 5.91 Å². The highest BCUT2D eigenvalue weighted by Gasteiger charge is 2.27. The van der Waals surface area contributed by atoms with Crippen LogP contribution in [-0.4, -0.2) is 37.2 Å². The lowest BCUT2D eigenvalue weighted by molar-refractivity contribution is 0.0967. The number of nitrogens with one attached hydrogen (secondary N) is 1. The number of amides is 1. The monoisotopic (exact) mass is 225 g/mol. The van der Waals surface area contributed by atoms with Gasteiger partial charge in [0.25, 0.3) is 5.89 Å². The second-order valence-electron chi connectivity index (χ2n) is 3.93. The lowest BCUT2D eigenvalue weighted by Gasteiger charge is -2.07. The van der Waals surface area contributed by atoms with Gasteiger partial charge in [-0.2, -0.15) is 0 Å². The number of ether oxygens (including phenoxy) is 1. The van der Waals surface area contributed by atoms with E-state index >= 15 is 0 Å². The van der Waals surface area contributed by atoms with Crippen molar-refractivity contribution < 1.29 is 13.9 Å². The van der Waals surface area contributed by atoms with Gasteiger partial charge in [0.1, 0.15) is 6.26 Å². The molecule has 1 aromatic heterocycles. The van der Waals surface area contributed by atoms with Gasteiger partial charge in [-0.1, -0.05) is 0 Å². The van der Waals surface area contributed by atoms with Gasteiger partial charge in [-0.05, 0) is 6.42 Å². The first-order valence-corrected chi connectivity index (χ1v) is 5.18. The number of oxazole rings is 1. The van der Waals surface area contributed by atoms with Crippen LogP contribution >= 0.6 is 0 Å². The van der Waals surface area contributed by atoms with E-state index in [1.54, 1.807) is 7.11 Å². The van der Waals surface area contributed by atoms with Crippen LogP contribution in [-0.2, 0) is 4.74 Å². The Bertz CT molecular complexity index is 377. The number of nitrogens with two attached hydrogens (primary N) is 1. The zero-order valence-electron chi connectivity index (χ0n) is 9.10. The third-order valence-corrected chi connectivity index (χ3v) is 2.74. The Morgan fingerprint density at radius 1 is 1.81 bits per heavy atom. The summed E-state index contributed by atoms with van der Waals surface area (Å²) in [6, 6.07) is 0.337. The molecule has 6 heteroatoms. The lowest BCUT2D eigenvalue weighted by Crippen LogP contribution is -2.25. The smallest absolute Gasteiger partial charge is 0.304 e. The van der Waals surface area contributed by atoms with Crippen molar-refractivity contribution >= 4 is 5.91 Å². The lowest BCUT2D eigenvalue weighted by atomic mass is 10.0. The first-order chi connectivity index (χ1) is 7.70. The van der Waals surface area contributed by atoms with E-state index in [9.17, 15) is 4.79 Å². The van der Waals surface area contributed by atoms with Crippen molar-refractivity contribution in [3.8, 4) is 0 Å². The summed E-state index contributed by atoms with van der Waals surface area (Å²) in [5.74, 6) is -0.396. The second kappa shape index (κ2) is 4.63. The van der Waals surface area contributed by atoms with Gasteiger partial charge in [0.15, 0.2) is 0 Å². The normalized spacial score (nSPS) is 24.8. The number of methoxy groups -OCH3 is 1. The maximum Gasteiger partial charge on any atom is 0.304 e. The van der Waals surface area contributed by atoms with Crippen molar-refractivity contribution in [1.29, 1.82) is 0 Å². The van der Waals surface area contributed by atoms with Crippen LogP contribution in [0.4, 0.5) is 0 Å². The highest BCUT2D eigenvalue weighted by atomic mass is 16.5. The van der Waals surface area contributed by atoms with Crippen LogP contribution in [0.25, 0.3) is 0 Å². The average Bonchev–Trinajstić information content (AvgIpc) is 2.84. The molecule has 3 N–H and O–H groups in total. The van der Waals surface area contributed by atoms with E-state index in [1.807, 2.05) is 0 Å². The van der Waals surface area contributed by atoms with E-state index < -0.39 is 5.91 Å². The number of aromatic nitrogens is 1. The van der Waals surface area contributed by atoms with Crippen molar-refractivity contribution in [1.82, 2.24) is 10.3 Å². The standard InChI is InChI=1S/C10H15N3O3/c1-15-4-7-2-6(3-12-7)8-5-16-10(13-8)9(11)14/h5-7,12H,2-4H2,1H3,(H2,11,14)/t6-,7-/m1/s1. The summed E-state index contributed by atoms with van der Waals surface area (Å²) in [6.07, 6.45) is 2.43. The molecule has 2 atom stereocenters. The summed E-state index contributed by atoms with van der Waals surface area (Å²) in [5, 5.41) is 3.32. The maximum atomic E-state index is 10.8. The van der Waals surface area contributed by atoms with Crippen molar-refractivity contribution in [2.45, 2.75) is 18.4 Å². The van der Waals surface area contributed by atoms with Gasteiger partial charge in [-0.3, -0.25) is 4.79 Å². The molecule has 0 spiro atoms. The first-order valence-electron chi connectivity index (χ1n) is 5.18. The molecule has 2 heterocycles. The van der Waals surface area contributed by atoms with Crippen LogP contribution in [0.1, 0.15) is 28.7 Å². The molecular weight excluding hydrogens is 210 g/mol. The third-order valence-electron chi connectivity index (χ3n) is 2.74. The molecule has 2 rings (SSSR count). The minimum absolute atomic E-state index is 0.0230. The van der Waals surface area contributed by atoms with Gasteiger partial charge in [-0.15, -0.1) is 0 Å². The van der Waals surface area contributed by atoms with Crippen LogP contribution in [0, 0.1) is 0 Å². The predicted octanol–water partition coefficient (Wildman–Crippen LogP) is -0.135. The minimum atomic E-state index is -0.634. The fourth-order valence-electron chi connectivity index (χ4n) is 1.96. The van der Waals surface area contributed by atoms with E-state index in [4.69, 9.17) is 14.9 Å². The Labute approximate surface area is 93.2 Å². The van der Waals surface area contributed by atoms with Gasteiger partial charge < -0.3 is 20.2 Å². The van der Waals surface area contributed by atoms with E-state index in [-0.39, 0.29) is 11.8 Å². The van der Waals surface area contributed by atoms with Crippen molar-refractivity contribution in [3.63, 3.8) is 0 Å². The molecule has 1 aliphatic rings. The molecule has 1 fully saturated rings. The van der Waals surface area contributed by atoms with E-state index in [2.05, 4.69) is 10.3 Å². The molecule has 1 saturated heterocycles. The average molecular weight is 225 g/mol. The molecule has 1 aromatic rings. The summed E-state index contributed by atoms with van der Waals surface area (Å²) in [4.78, 5) is 14.9. The van der Waals surface area contributed by atoms with Gasteiger partial charge in [0.2, 0.25) is 0 Å². The Morgan fingerprint density at radius 2 is 2.62 bits per heavy atom. The topological polar surface area (TPSA) is 90.4 Å². The number of primary amides is 1. The van der Waals surface area contributed by atoms with Gasteiger partial charge in [0, 0.05) is 25.6 Å². The van der Waals surface area contributed by atoms with E-state index in [1.165, 1.54) is 6.26 Å². The minimum Gasteiger partial charge on any atom is -0.441 e. The van der Waals surface area contributed by atoms with Crippen LogP contribution in [0.15, 0.2) is 10.7 Å². The third kappa shape index (κ3) is 2.23. The second-order valence-corrected chi connectivity index (χ2v) is 3.93. The number of nitrogens with zero attached hydrogens (tertiary/aromatic N) is 1. The zero-order valence-corrected chi connectivity index (χ0v) is 9.10. The Morgan fingerprint density at radius 3 is 3.25 bits per heavy atom. The highest BCUT2D eigenvalue weighted by molar-refractivity contribution is 5.87. The predicted molar refractivity (Wildman–Crippen MR) is 56.0 cm³/mol. The summed E-state index contributed by atoms with van der Waals surface area (Å²) in [5.41, 5.74) is 5.85. The molecule has 1 amide bonds. The van der Waals surface area contributed by atoms with Crippen LogP contribution in [0.3, 0.4) is 0 Å². The molecule has 0 bridgehead atoms. The maximum absolute atomic E-state index is 10.8. The highest BCUT2D eigenvalue weighted by Crippen LogP contribution is 2.25. The SMILES string of the molecule is COC[C@H]1C[C@@H](c2coc(C(N)=O)n2)CN1. The Balaban J connectivity index is 2.00. The largest absolute Gasteiger partial charge is 0.441 e. The number of hydrogen-bond donors (Lipinski definition) is 2. The van der Waals surface area contributed by atoms with E-state index in [0.717, 1.165) is 18.7 Å². The summed E-state index contributed by atoms with van der Waals surface area (Å²) >= 11 is 0. The molecular formula is C10H15N3O3. The fraction of sp³-hybridized carbons (Fsp3) is 0.600. The van der Waals surface area contributed by atoms with Crippen molar-refractivity contribution in [3.05, 3.63) is 17.8 Å². The number of carbonyl (C=O) groups is 1. The number of rotatable bonds is 4. The molecule has 0 saturated carbocycles. The van der Waals surface area contributed by atoms with Gasteiger partial charge in [-0.25, -0.2) is 4.98 Å². The number of hydrogen-bond acceptors (Lipinski definition) is 5. The quantitative estimate of drug-likeness (QED) is 0.744. The van der Waals surface area contributed by atoms with Crippen LogP contribution < -0.4 is 11.1 Å². The molecule has 1 aliphatic heterocycles. The molecule has 6 nitrogen and oxygen atoms in total. The molecule has 0 aromatic carbocycles. The summed E-state index contributed by atoms with van der Waals surface area (Å²) < 4.78 is 10.1. The Kier molecular flexibility index (Phi) is 3.21. The van der Waals surface area contributed by atoms with Crippen LogP contribution in [0.5, 0.6) is 0 Å². The summed E-state index contributed by atoms with van der Waals surface area (Å²) in [6.45, 7) is 1.50. The zero-order chi connectivity index (χ0) is 11.5. The first kappa shape index (κ1) is 11.1. The van der Waals surface area contributed by atoms with Crippen molar-refractivity contribution in [2.24, 2.45) is 5.73 Å². The fourth-order valence-corrected chi connectivity index (χ4v) is 1.96. The Hall–Kier alpha value is -1.40. The molecule has 16 heavy (non-hydrogen) atoms. The van der Waals surface area contributed by atoms with Crippen molar-refractivity contribution in [2.75, 3.05) is 20.3 Å². The summed E-state index contributed by atoms with van der Waals surface area (Å²) in [7, 11) is 1.68. The molecule has 0 aliphatic carbocycles. The molecule has 0 radical (unpaired) electrons. The molecule has 88 valence electrons. The molecule has 0 unspecified atom stereocenters. The van der Waals surface area contributed by atoms with Crippen LogP contribution in [0.2, 0.25) is 0 Å². The van der Waals surface area contributed by atoms with Gasteiger partial charge in [0.05, 0.1) is 12.3 Å².